The lowest BCUT2D eigenvalue weighted by atomic mass is 9.99. The molecule has 0 amide bonds. The maximum Gasteiger partial charge on any atom is 0.404 e. The van der Waals surface area contributed by atoms with Crippen molar-refractivity contribution in [2.45, 2.75) is 36.0 Å². The van der Waals surface area contributed by atoms with Gasteiger partial charge in [0, 0.05) is 25.8 Å². The number of nitrogens with zero attached hydrogens (tertiary/aromatic N) is 3. The number of sulfonamides is 1. The Morgan fingerprint density at radius 3 is 2.48 bits per heavy atom. The van der Waals surface area contributed by atoms with Gasteiger partial charge >= 0.3 is 6.18 Å². The number of alkyl halides is 3. The van der Waals surface area contributed by atoms with Crippen molar-refractivity contribution >= 4 is 10.0 Å². The fraction of sp³-hybridized carbons (Fsp3) is 0.727. The summed E-state index contributed by atoms with van der Waals surface area (Å²) in [6, 6.07) is -2.06. The summed E-state index contributed by atoms with van der Waals surface area (Å²) in [5, 5.41) is 3.77. The van der Waals surface area contributed by atoms with Crippen LogP contribution in [0.3, 0.4) is 0 Å². The minimum atomic E-state index is -4.29. The molecule has 0 spiro atoms. The highest BCUT2D eigenvalue weighted by Gasteiger charge is 2.45. The predicted molar refractivity (Wildman–Crippen MR) is 69.0 cm³/mol. The summed E-state index contributed by atoms with van der Waals surface area (Å²) in [5.74, 6) is 0. The van der Waals surface area contributed by atoms with Gasteiger partial charge in [-0.2, -0.15) is 18.3 Å². The molecule has 0 bridgehead atoms. The Morgan fingerprint density at radius 2 is 2.00 bits per heavy atom. The first-order valence-corrected chi connectivity index (χ1v) is 7.86. The van der Waals surface area contributed by atoms with Gasteiger partial charge in [-0.1, -0.05) is 0 Å². The smallest absolute Gasteiger partial charge is 0.294 e. The van der Waals surface area contributed by atoms with Crippen molar-refractivity contribution < 1.29 is 21.6 Å². The molecule has 0 radical (unpaired) electrons. The zero-order valence-electron chi connectivity index (χ0n) is 11.6. The summed E-state index contributed by atoms with van der Waals surface area (Å²) < 4.78 is 66.2. The van der Waals surface area contributed by atoms with Crippen molar-refractivity contribution in [3.05, 3.63) is 12.4 Å². The SMILES string of the molecule is CN1CC(NS(=O)(=O)c2cnn(C)c2)CCC1C(F)(F)F. The molecule has 6 nitrogen and oxygen atoms in total. The van der Waals surface area contributed by atoms with Crippen LogP contribution >= 0.6 is 0 Å². The van der Waals surface area contributed by atoms with E-state index in [1.165, 1.54) is 24.1 Å². The van der Waals surface area contributed by atoms with E-state index in [4.69, 9.17) is 0 Å². The quantitative estimate of drug-likeness (QED) is 0.889. The average molecular weight is 326 g/mol. The van der Waals surface area contributed by atoms with Crippen LogP contribution in [0.25, 0.3) is 0 Å². The number of hydrogen-bond donors (Lipinski definition) is 1. The van der Waals surface area contributed by atoms with E-state index in [2.05, 4.69) is 9.82 Å². The second kappa shape index (κ2) is 5.58. The van der Waals surface area contributed by atoms with Crippen LogP contribution in [0.4, 0.5) is 13.2 Å². The minimum Gasteiger partial charge on any atom is -0.294 e. The number of halogens is 3. The zero-order chi connectivity index (χ0) is 15.8. The van der Waals surface area contributed by atoms with Crippen LogP contribution in [0.15, 0.2) is 17.3 Å². The molecule has 2 atom stereocenters. The van der Waals surface area contributed by atoms with Gasteiger partial charge in [-0.3, -0.25) is 9.58 Å². The lowest BCUT2D eigenvalue weighted by molar-refractivity contribution is -0.188. The Hall–Kier alpha value is -1.13. The van der Waals surface area contributed by atoms with Gasteiger partial charge in [-0.05, 0) is 19.9 Å². The van der Waals surface area contributed by atoms with Crippen LogP contribution in [-0.2, 0) is 17.1 Å². The van der Waals surface area contributed by atoms with Gasteiger partial charge in [0.05, 0.1) is 6.20 Å². The fourth-order valence-corrected chi connectivity index (χ4v) is 3.72. The van der Waals surface area contributed by atoms with Gasteiger partial charge in [0.1, 0.15) is 10.9 Å². The molecule has 0 aliphatic carbocycles. The predicted octanol–water partition coefficient (Wildman–Crippen LogP) is 0.723. The van der Waals surface area contributed by atoms with Crippen molar-refractivity contribution in [3.8, 4) is 0 Å². The molecule has 2 heterocycles. The topological polar surface area (TPSA) is 67.2 Å². The molecule has 1 aromatic heterocycles. The number of likely N-dealkylation sites (tertiary alicyclic amines) is 1. The number of nitrogens with one attached hydrogen (secondary N) is 1. The second-order valence-electron chi connectivity index (χ2n) is 5.24. The number of aryl methyl sites for hydroxylation is 1. The summed E-state index contributed by atoms with van der Waals surface area (Å²) in [5.41, 5.74) is 0. The standard InChI is InChI=1S/C11H17F3N4O2S/c1-17-6-8(3-4-10(17)11(12,13)14)16-21(19,20)9-5-15-18(2)7-9/h5,7-8,10,16H,3-4,6H2,1-2H3. The summed E-state index contributed by atoms with van der Waals surface area (Å²) in [6.45, 7) is 0.0175. The normalized spacial score (nSPS) is 25.2. The summed E-state index contributed by atoms with van der Waals surface area (Å²) in [4.78, 5) is 1.14. The van der Waals surface area contributed by atoms with E-state index in [9.17, 15) is 21.6 Å². The van der Waals surface area contributed by atoms with Crippen LogP contribution in [0.2, 0.25) is 0 Å². The van der Waals surface area contributed by atoms with E-state index in [0.717, 1.165) is 4.90 Å². The van der Waals surface area contributed by atoms with Crippen molar-refractivity contribution in [2.24, 2.45) is 7.05 Å². The molecule has 2 unspecified atom stereocenters. The van der Waals surface area contributed by atoms with E-state index >= 15 is 0 Å². The monoisotopic (exact) mass is 326 g/mol. The number of aromatic nitrogens is 2. The Bertz CT molecular complexity index is 599. The molecule has 1 aromatic rings. The average Bonchev–Trinajstić information content (AvgIpc) is 2.74. The molecule has 1 fully saturated rings. The Kier molecular flexibility index (Phi) is 4.31. The highest BCUT2D eigenvalue weighted by Crippen LogP contribution is 2.31. The van der Waals surface area contributed by atoms with Crippen LogP contribution in [0.1, 0.15) is 12.8 Å². The summed E-state index contributed by atoms with van der Waals surface area (Å²) >= 11 is 0. The molecule has 0 saturated carbocycles. The van der Waals surface area contributed by atoms with Gasteiger partial charge in [-0.25, -0.2) is 13.1 Å². The van der Waals surface area contributed by atoms with Crippen molar-refractivity contribution in [3.63, 3.8) is 0 Å². The second-order valence-corrected chi connectivity index (χ2v) is 6.96. The Balaban J connectivity index is 2.03. The Morgan fingerprint density at radius 1 is 1.33 bits per heavy atom. The maximum atomic E-state index is 12.7. The van der Waals surface area contributed by atoms with Crippen LogP contribution in [0, 0.1) is 0 Å². The molecule has 1 aliphatic rings. The van der Waals surface area contributed by atoms with Gasteiger partial charge in [-0.15, -0.1) is 0 Å². The lowest BCUT2D eigenvalue weighted by Gasteiger charge is -2.38. The molecular weight excluding hydrogens is 309 g/mol. The van der Waals surface area contributed by atoms with E-state index in [0.29, 0.717) is 0 Å². The lowest BCUT2D eigenvalue weighted by Crippen LogP contribution is -2.54. The van der Waals surface area contributed by atoms with Crippen molar-refractivity contribution in [1.29, 1.82) is 0 Å². The van der Waals surface area contributed by atoms with Gasteiger partial charge in [0.15, 0.2) is 0 Å². The molecule has 0 aromatic carbocycles. The van der Waals surface area contributed by atoms with E-state index in [1.807, 2.05) is 0 Å². The molecule has 2 rings (SSSR count). The molecule has 120 valence electrons. The fourth-order valence-electron chi connectivity index (χ4n) is 2.48. The molecular formula is C11H17F3N4O2S. The molecule has 1 N–H and O–H groups in total. The van der Waals surface area contributed by atoms with Gasteiger partial charge in [0.2, 0.25) is 10.0 Å². The molecule has 1 aliphatic heterocycles. The highest BCUT2D eigenvalue weighted by atomic mass is 32.2. The van der Waals surface area contributed by atoms with E-state index < -0.39 is 28.3 Å². The van der Waals surface area contributed by atoms with Crippen molar-refractivity contribution in [1.82, 2.24) is 19.4 Å². The van der Waals surface area contributed by atoms with Gasteiger partial charge < -0.3 is 0 Å². The third-order valence-corrected chi connectivity index (χ3v) is 5.00. The number of hydrogen-bond acceptors (Lipinski definition) is 4. The first-order chi connectivity index (χ1) is 9.59. The number of rotatable bonds is 3. The summed E-state index contributed by atoms with van der Waals surface area (Å²) in [7, 11) is -0.822. The first kappa shape index (κ1) is 16.2. The third kappa shape index (κ3) is 3.74. The molecule has 10 heteroatoms. The maximum absolute atomic E-state index is 12.7. The highest BCUT2D eigenvalue weighted by molar-refractivity contribution is 7.89. The zero-order valence-corrected chi connectivity index (χ0v) is 12.4. The van der Waals surface area contributed by atoms with E-state index in [-0.39, 0.29) is 24.3 Å². The summed E-state index contributed by atoms with van der Waals surface area (Å²) in [6.07, 6.45) is -1.73. The minimum absolute atomic E-state index is 0.00518. The third-order valence-electron chi connectivity index (χ3n) is 3.52. The Labute approximate surface area is 121 Å². The van der Waals surface area contributed by atoms with Crippen molar-refractivity contribution in [2.75, 3.05) is 13.6 Å². The number of piperidine rings is 1. The van der Waals surface area contributed by atoms with Gasteiger partial charge in [0.25, 0.3) is 0 Å². The number of likely N-dealkylation sites (N-methyl/N-ethyl adjacent to an activating group) is 1. The largest absolute Gasteiger partial charge is 0.404 e. The first-order valence-electron chi connectivity index (χ1n) is 6.37. The van der Waals surface area contributed by atoms with E-state index in [1.54, 1.807) is 7.05 Å². The van der Waals surface area contributed by atoms with Crippen LogP contribution in [-0.4, -0.2) is 55.0 Å². The molecule has 21 heavy (non-hydrogen) atoms. The van der Waals surface area contributed by atoms with Crippen LogP contribution in [0.5, 0.6) is 0 Å². The molecule has 1 saturated heterocycles. The van der Waals surface area contributed by atoms with Crippen LogP contribution < -0.4 is 4.72 Å².